The zero-order chi connectivity index (χ0) is 29.7. The summed E-state index contributed by atoms with van der Waals surface area (Å²) in [6.45, 7) is 11.1. The first-order valence-electron chi connectivity index (χ1n) is 13.4. The van der Waals surface area contributed by atoms with Crippen molar-refractivity contribution >= 4 is 27.5 Å². The normalized spacial score (nSPS) is 12.5. The Hall–Kier alpha value is -3.65. The van der Waals surface area contributed by atoms with Gasteiger partial charge in [-0.3, -0.25) is 13.9 Å². The van der Waals surface area contributed by atoms with Crippen LogP contribution in [-0.4, -0.2) is 49.5 Å². The van der Waals surface area contributed by atoms with Gasteiger partial charge in [0, 0.05) is 18.5 Å². The predicted octanol–water partition coefficient (Wildman–Crippen LogP) is 4.93. The third-order valence-corrected chi connectivity index (χ3v) is 7.86. The fourth-order valence-corrected chi connectivity index (χ4v) is 5.51. The number of carbonyl (C=O) groups is 2. The van der Waals surface area contributed by atoms with Crippen molar-refractivity contribution in [2.24, 2.45) is 0 Å². The van der Waals surface area contributed by atoms with Gasteiger partial charge in [0.15, 0.2) is 0 Å². The lowest BCUT2D eigenvalue weighted by Crippen LogP contribution is -2.56. The molecule has 3 rings (SSSR count). The van der Waals surface area contributed by atoms with Gasteiger partial charge in [0.05, 0.1) is 11.9 Å². The van der Waals surface area contributed by atoms with Crippen molar-refractivity contribution in [3.8, 4) is 0 Å². The van der Waals surface area contributed by atoms with Crippen molar-refractivity contribution in [3.05, 3.63) is 101 Å². The first-order chi connectivity index (χ1) is 18.7. The molecule has 3 aromatic carbocycles. The first kappa shape index (κ1) is 30.9. The van der Waals surface area contributed by atoms with E-state index in [2.05, 4.69) is 5.32 Å². The van der Waals surface area contributed by atoms with Gasteiger partial charge in [-0.2, -0.15) is 0 Å². The van der Waals surface area contributed by atoms with Gasteiger partial charge in [-0.15, -0.1) is 0 Å². The van der Waals surface area contributed by atoms with E-state index in [9.17, 15) is 18.0 Å². The lowest BCUT2D eigenvalue weighted by atomic mass is 10.0. The number of rotatable bonds is 10. The van der Waals surface area contributed by atoms with E-state index in [1.807, 2.05) is 102 Å². The molecule has 0 bridgehead atoms. The molecule has 1 unspecified atom stereocenters. The van der Waals surface area contributed by atoms with Crippen LogP contribution in [0.5, 0.6) is 0 Å². The molecule has 0 aromatic heterocycles. The van der Waals surface area contributed by atoms with Crippen molar-refractivity contribution in [1.29, 1.82) is 0 Å². The van der Waals surface area contributed by atoms with Crippen molar-refractivity contribution in [2.75, 3.05) is 17.1 Å². The van der Waals surface area contributed by atoms with Crippen LogP contribution in [0.4, 0.5) is 5.69 Å². The van der Waals surface area contributed by atoms with Gasteiger partial charge in [0.25, 0.3) is 0 Å². The minimum atomic E-state index is -3.81. The number of hydrogen-bond donors (Lipinski definition) is 1. The summed E-state index contributed by atoms with van der Waals surface area (Å²) in [5, 5.41) is 3.04. The second-order valence-corrected chi connectivity index (χ2v) is 13.4. The molecule has 0 aliphatic rings. The largest absolute Gasteiger partial charge is 0.350 e. The Kier molecular flexibility index (Phi) is 9.79. The molecule has 1 N–H and O–H groups in total. The lowest BCUT2D eigenvalue weighted by molar-refractivity contribution is -0.140. The van der Waals surface area contributed by atoms with Crippen LogP contribution in [0.1, 0.15) is 48.6 Å². The summed E-state index contributed by atoms with van der Waals surface area (Å²) in [6.07, 6.45) is 1.38. The van der Waals surface area contributed by atoms with Crippen LogP contribution >= 0.6 is 0 Å². The highest BCUT2D eigenvalue weighted by Gasteiger charge is 2.34. The van der Waals surface area contributed by atoms with Crippen LogP contribution in [0.3, 0.4) is 0 Å². The predicted molar refractivity (Wildman–Crippen MR) is 162 cm³/mol. The Morgan fingerprint density at radius 2 is 1.50 bits per heavy atom. The third kappa shape index (κ3) is 8.42. The summed E-state index contributed by atoms with van der Waals surface area (Å²) in [7, 11) is -3.81. The van der Waals surface area contributed by atoms with E-state index < -0.39 is 34.1 Å². The van der Waals surface area contributed by atoms with Crippen LogP contribution in [0.2, 0.25) is 0 Å². The molecule has 0 aliphatic heterocycles. The highest BCUT2D eigenvalue weighted by Crippen LogP contribution is 2.26. The average molecular weight is 564 g/mol. The molecule has 3 aromatic rings. The topological polar surface area (TPSA) is 86.8 Å². The summed E-state index contributed by atoms with van der Waals surface area (Å²) in [4.78, 5) is 29.5. The molecule has 0 aliphatic carbocycles. The smallest absolute Gasteiger partial charge is 0.244 e. The number of amides is 2. The maximum Gasteiger partial charge on any atom is 0.244 e. The van der Waals surface area contributed by atoms with E-state index in [0.717, 1.165) is 38.4 Å². The maximum atomic E-state index is 14.2. The van der Waals surface area contributed by atoms with Gasteiger partial charge in [0.1, 0.15) is 12.6 Å². The summed E-state index contributed by atoms with van der Waals surface area (Å²) in [5.41, 5.74) is 4.39. The van der Waals surface area contributed by atoms with Crippen molar-refractivity contribution in [2.45, 2.75) is 66.1 Å². The van der Waals surface area contributed by atoms with Gasteiger partial charge in [-0.25, -0.2) is 8.42 Å². The molecule has 0 saturated carbocycles. The molecule has 2 amide bonds. The van der Waals surface area contributed by atoms with Gasteiger partial charge in [0.2, 0.25) is 21.8 Å². The Balaban J connectivity index is 2.10. The van der Waals surface area contributed by atoms with Crippen LogP contribution in [0.25, 0.3) is 0 Å². The fraction of sp³-hybridized carbons (Fsp3) is 0.375. The molecular formula is C32H41N3O4S. The summed E-state index contributed by atoms with van der Waals surface area (Å²) < 4.78 is 27.2. The molecule has 7 nitrogen and oxygen atoms in total. The number of anilines is 1. The van der Waals surface area contributed by atoms with E-state index in [1.54, 1.807) is 12.1 Å². The highest BCUT2D eigenvalue weighted by molar-refractivity contribution is 7.92. The third-order valence-electron chi connectivity index (χ3n) is 6.73. The average Bonchev–Trinajstić information content (AvgIpc) is 2.85. The van der Waals surface area contributed by atoms with Crippen LogP contribution in [-0.2, 0) is 32.6 Å². The van der Waals surface area contributed by atoms with E-state index in [4.69, 9.17) is 0 Å². The van der Waals surface area contributed by atoms with Gasteiger partial charge in [-0.05, 0) is 69.9 Å². The number of aryl methyl sites for hydroxylation is 2. The molecule has 8 heteroatoms. The van der Waals surface area contributed by atoms with Gasteiger partial charge < -0.3 is 10.2 Å². The summed E-state index contributed by atoms with van der Waals surface area (Å²) in [6, 6.07) is 21.8. The Labute approximate surface area is 239 Å². The number of nitrogens with zero attached hydrogens (tertiary/aromatic N) is 2. The van der Waals surface area contributed by atoms with Crippen LogP contribution < -0.4 is 9.62 Å². The molecular weight excluding hydrogens is 522 g/mol. The highest BCUT2D eigenvalue weighted by atomic mass is 32.2. The Bertz CT molecular complexity index is 1450. The summed E-state index contributed by atoms with van der Waals surface area (Å²) >= 11 is 0. The van der Waals surface area contributed by atoms with Crippen LogP contribution in [0, 0.1) is 20.8 Å². The zero-order valence-electron chi connectivity index (χ0n) is 24.6. The Morgan fingerprint density at radius 1 is 0.875 bits per heavy atom. The quantitative estimate of drug-likeness (QED) is 0.379. The standard InChI is InChI=1S/C32H41N3O4S/c1-23-13-11-17-27(19-23)21-34(29(31(37)33-32(4,5)6)20-26-15-9-8-10-16-26)30(36)22-35(40(7,38)39)28-18-12-14-24(2)25(28)3/h8-19,29H,20-22H2,1-7H3,(H,33,37). The molecule has 1 atom stereocenters. The van der Waals surface area contributed by atoms with E-state index >= 15 is 0 Å². The second-order valence-electron chi connectivity index (χ2n) is 11.4. The molecule has 0 fully saturated rings. The van der Waals surface area contributed by atoms with Crippen LogP contribution in [0.15, 0.2) is 72.8 Å². The molecule has 0 spiro atoms. The SMILES string of the molecule is Cc1cccc(CN(C(=O)CN(c2cccc(C)c2C)S(C)(=O)=O)C(Cc2ccccc2)C(=O)NC(C)(C)C)c1. The number of benzene rings is 3. The monoisotopic (exact) mass is 563 g/mol. The number of carbonyl (C=O) groups excluding carboxylic acids is 2. The number of sulfonamides is 1. The Morgan fingerprint density at radius 3 is 2.10 bits per heavy atom. The molecule has 0 radical (unpaired) electrons. The van der Waals surface area contributed by atoms with Gasteiger partial charge in [-0.1, -0.05) is 72.3 Å². The molecule has 40 heavy (non-hydrogen) atoms. The van der Waals surface area contributed by atoms with Gasteiger partial charge >= 0.3 is 0 Å². The van der Waals surface area contributed by atoms with Crippen molar-refractivity contribution in [3.63, 3.8) is 0 Å². The minimum Gasteiger partial charge on any atom is -0.350 e. The van der Waals surface area contributed by atoms with E-state index in [1.165, 1.54) is 4.90 Å². The summed E-state index contributed by atoms with van der Waals surface area (Å²) in [5.74, 6) is -0.757. The fourth-order valence-electron chi connectivity index (χ4n) is 4.61. The van der Waals surface area contributed by atoms with E-state index in [-0.39, 0.29) is 18.9 Å². The number of hydrogen-bond acceptors (Lipinski definition) is 4. The van der Waals surface area contributed by atoms with Crippen molar-refractivity contribution in [1.82, 2.24) is 10.2 Å². The number of nitrogens with one attached hydrogen (secondary N) is 1. The van der Waals surface area contributed by atoms with E-state index in [0.29, 0.717) is 5.69 Å². The molecule has 214 valence electrons. The minimum absolute atomic E-state index is 0.153. The second kappa shape index (κ2) is 12.7. The first-order valence-corrected chi connectivity index (χ1v) is 15.3. The molecule has 0 saturated heterocycles. The van der Waals surface area contributed by atoms with Crippen molar-refractivity contribution < 1.29 is 18.0 Å². The zero-order valence-corrected chi connectivity index (χ0v) is 25.4. The lowest BCUT2D eigenvalue weighted by Gasteiger charge is -2.35. The maximum absolute atomic E-state index is 14.2. The molecule has 0 heterocycles.